The number of hydrogen-bond donors (Lipinski definition) is 1. The van der Waals surface area contributed by atoms with Crippen LogP contribution in [-0.4, -0.2) is 48.1 Å². The number of hydrogen-bond acceptors (Lipinski definition) is 3. The van der Waals surface area contributed by atoms with Crippen LogP contribution in [0.15, 0.2) is 36.4 Å². The molecule has 1 saturated carbocycles. The molecule has 4 atom stereocenters. The summed E-state index contributed by atoms with van der Waals surface area (Å²) in [6, 6.07) is 7.71. The molecular formula is C19H21ClN2O3. The van der Waals surface area contributed by atoms with E-state index in [1.54, 1.807) is 0 Å². The van der Waals surface area contributed by atoms with Crippen LogP contribution in [0.1, 0.15) is 6.42 Å². The summed E-state index contributed by atoms with van der Waals surface area (Å²) in [6.45, 7) is 2.76. The predicted octanol–water partition coefficient (Wildman–Crippen LogP) is 2.51. The average molecular weight is 361 g/mol. The van der Waals surface area contributed by atoms with Gasteiger partial charge < -0.3 is 14.9 Å². The number of benzene rings is 1. The average Bonchev–Trinajstić information content (AvgIpc) is 3.23. The van der Waals surface area contributed by atoms with Crippen molar-refractivity contribution < 1.29 is 14.7 Å². The van der Waals surface area contributed by atoms with Gasteiger partial charge >= 0.3 is 5.97 Å². The molecule has 0 aromatic heterocycles. The van der Waals surface area contributed by atoms with E-state index in [2.05, 4.69) is 4.90 Å². The molecule has 2 aliphatic carbocycles. The molecule has 0 radical (unpaired) electrons. The number of carbonyl (C=O) groups is 2. The molecular weight excluding hydrogens is 340 g/mol. The van der Waals surface area contributed by atoms with Gasteiger partial charge in [0.05, 0.1) is 11.8 Å². The number of nitrogens with zero attached hydrogens (tertiary/aromatic N) is 2. The number of anilines is 1. The Labute approximate surface area is 151 Å². The molecule has 5 nitrogen and oxygen atoms in total. The van der Waals surface area contributed by atoms with Crippen molar-refractivity contribution >= 4 is 29.2 Å². The number of halogens is 1. The van der Waals surface area contributed by atoms with Gasteiger partial charge in [-0.05, 0) is 42.5 Å². The molecule has 1 aromatic carbocycles. The highest BCUT2D eigenvalue weighted by molar-refractivity contribution is 6.30. The van der Waals surface area contributed by atoms with Crippen molar-refractivity contribution in [1.82, 2.24) is 4.90 Å². The van der Waals surface area contributed by atoms with E-state index in [4.69, 9.17) is 11.6 Å². The van der Waals surface area contributed by atoms with Gasteiger partial charge in [0.1, 0.15) is 0 Å². The van der Waals surface area contributed by atoms with Crippen LogP contribution in [0.5, 0.6) is 0 Å². The van der Waals surface area contributed by atoms with E-state index in [1.165, 1.54) is 0 Å². The van der Waals surface area contributed by atoms with Gasteiger partial charge in [-0.25, -0.2) is 0 Å². The number of aliphatic carboxylic acids is 1. The van der Waals surface area contributed by atoms with Gasteiger partial charge in [0.25, 0.3) is 0 Å². The number of fused-ring (bicyclic) bond motifs is 2. The molecule has 1 aromatic rings. The number of allylic oxidation sites excluding steroid dienone is 2. The van der Waals surface area contributed by atoms with E-state index in [0.29, 0.717) is 18.1 Å². The summed E-state index contributed by atoms with van der Waals surface area (Å²) in [5, 5.41) is 10.3. The number of carboxylic acids is 1. The topological polar surface area (TPSA) is 60.9 Å². The van der Waals surface area contributed by atoms with Crippen LogP contribution >= 0.6 is 11.6 Å². The standard InChI is InChI=1S/C19H21ClN2O3/c20-14-3-5-15(6-4-14)21-7-9-22(10-8-21)18(23)16-12-1-2-13(11-12)17(16)19(24)25/h1-6,12-13,16-17H,7-11H2,(H,24,25)/t12-,13-,16-,17-/m0/s1. The third kappa shape index (κ3) is 2.91. The van der Waals surface area contributed by atoms with Crippen molar-refractivity contribution in [2.45, 2.75) is 6.42 Å². The fraction of sp³-hybridized carbons (Fsp3) is 0.474. The van der Waals surface area contributed by atoms with E-state index in [9.17, 15) is 14.7 Å². The molecule has 1 saturated heterocycles. The summed E-state index contributed by atoms with van der Waals surface area (Å²) >= 11 is 5.93. The van der Waals surface area contributed by atoms with Crippen molar-refractivity contribution in [2.75, 3.05) is 31.1 Å². The summed E-state index contributed by atoms with van der Waals surface area (Å²) in [5.41, 5.74) is 1.10. The van der Waals surface area contributed by atoms with Gasteiger partial charge in [0.15, 0.2) is 0 Å². The maximum Gasteiger partial charge on any atom is 0.307 e. The van der Waals surface area contributed by atoms with Crippen LogP contribution in [0, 0.1) is 23.7 Å². The Kier molecular flexibility index (Phi) is 4.20. The minimum absolute atomic E-state index is 0.0139. The maximum absolute atomic E-state index is 13.0. The number of carbonyl (C=O) groups excluding carboxylic acids is 1. The molecule has 132 valence electrons. The van der Waals surface area contributed by atoms with E-state index < -0.39 is 17.8 Å². The molecule has 0 unspecified atom stereocenters. The number of amides is 1. The fourth-order valence-electron chi connectivity index (χ4n) is 4.54. The van der Waals surface area contributed by atoms with Gasteiger partial charge in [0.2, 0.25) is 5.91 Å². The molecule has 2 fully saturated rings. The molecule has 1 amide bonds. The molecule has 25 heavy (non-hydrogen) atoms. The first-order valence-electron chi connectivity index (χ1n) is 8.75. The third-order valence-corrected chi connectivity index (χ3v) is 6.06. The van der Waals surface area contributed by atoms with Crippen molar-refractivity contribution in [3.63, 3.8) is 0 Å². The molecule has 1 N–H and O–H groups in total. The van der Waals surface area contributed by atoms with Crippen molar-refractivity contribution in [2.24, 2.45) is 23.7 Å². The lowest BCUT2D eigenvalue weighted by atomic mass is 9.82. The first kappa shape index (κ1) is 16.5. The van der Waals surface area contributed by atoms with Gasteiger partial charge in [-0.3, -0.25) is 9.59 Å². The second-order valence-electron chi connectivity index (χ2n) is 7.13. The Morgan fingerprint density at radius 2 is 1.56 bits per heavy atom. The van der Waals surface area contributed by atoms with Crippen molar-refractivity contribution in [1.29, 1.82) is 0 Å². The van der Waals surface area contributed by atoms with Crippen molar-refractivity contribution in [3.05, 3.63) is 41.4 Å². The maximum atomic E-state index is 13.0. The third-order valence-electron chi connectivity index (χ3n) is 5.81. The Hall–Kier alpha value is -2.01. The molecule has 1 aliphatic heterocycles. The Morgan fingerprint density at radius 1 is 0.960 bits per heavy atom. The Balaban J connectivity index is 1.42. The normalized spacial score (nSPS) is 30.8. The van der Waals surface area contributed by atoms with Gasteiger partial charge in [-0.1, -0.05) is 23.8 Å². The monoisotopic (exact) mass is 360 g/mol. The molecule has 0 spiro atoms. The van der Waals surface area contributed by atoms with Gasteiger partial charge in [-0.2, -0.15) is 0 Å². The lowest BCUT2D eigenvalue weighted by molar-refractivity contribution is -0.151. The highest BCUT2D eigenvalue weighted by Crippen LogP contribution is 2.48. The zero-order valence-electron chi connectivity index (χ0n) is 13.8. The highest BCUT2D eigenvalue weighted by Gasteiger charge is 2.52. The summed E-state index contributed by atoms with van der Waals surface area (Å²) in [7, 11) is 0. The second-order valence-corrected chi connectivity index (χ2v) is 7.56. The summed E-state index contributed by atoms with van der Waals surface area (Å²) < 4.78 is 0. The first-order valence-corrected chi connectivity index (χ1v) is 9.13. The predicted molar refractivity (Wildman–Crippen MR) is 95.6 cm³/mol. The van der Waals surface area contributed by atoms with Gasteiger partial charge in [0, 0.05) is 36.9 Å². The second kappa shape index (κ2) is 6.37. The number of rotatable bonds is 3. The lowest BCUT2D eigenvalue weighted by Crippen LogP contribution is -2.52. The quantitative estimate of drug-likeness (QED) is 0.841. The van der Waals surface area contributed by atoms with Crippen LogP contribution in [0.4, 0.5) is 5.69 Å². The lowest BCUT2D eigenvalue weighted by Gasteiger charge is -2.38. The van der Waals surface area contributed by atoms with E-state index >= 15 is 0 Å². The minimum atomic E-state index is -0.838. The SMILES string of the molecule is O=C(O)[C@@H]1[C@@H](C(=O)N2CCN(c3ccc(Cl)cc3)CC2)[C@H]2C=C[C@H]1C2. The Morgan fingerprint density at radius 3 is 2.16 bits per heavy atom. The minimum Gasteiger partial charge on any atom is -0.481 e. The fourth-order valence-corrected chi connectivity index (χ4v) is 4.67. The van der Waals surface area contributed by atoms with E-state index in [-0.39, 0.29) is 17.7 Å². The van der Waals surface area contributed by atoms with Crippen LogP contribution < -0.4 is 4.90 Å². The highest BCUT2D eigenvalue weighted by atomic mass is 35.5. The molecule has 6 heteroatoms. The van der Waals surface area contributed by atoms with E-state index in [0.717, 1.165) is 25.2 Å². The summed E-state index contributed by atoms with van der Waals surface area (Å²) in [6.07, 6.45) is 4.82. The van der Waals surface area contributed by atoms with Crippen LogP contribution in [0.3, 0.4) is 0 Å². The van der Waals surface area contributed by atoms with Crippen LogP contribution in [0.25, 0.3) is 0 Å². The van der Waals surface area contributed by atoms with E-state index in [1.807, 2.05) is 41.3 Å². The number of piperazine rings is 1. The number of carboxylic acid groups (broad SMARTS) is 1. The largest absolute Gasteiger partial charge is 0.481 e. The van der Waals surface area contributed by atoms with Crippen LogP contribution in [0.2, 0.25) is 5.02 Å². The Bertz CT molecular complexity index is 710. The van der Waals surface area contributed by atoms with Gasteiger partial charge in [-0.15, -0.1) is 0 Å². The molecule has 2 bridgehead atoms. The van der Waals surface area contributed by atoms with Crippen molar-refractivity contribution in [3.8, 4) is 0 Å². The van der Waals surface area contributed by atoms with Crippen LogP contribution in [-0.2, 0) is 9.59 Å². The molecule has 3 aliphatic rings. The zero-order chi connectivity index (χ0) is 17.6. The summed E-state index contributed by atoms with van der Waals surface area (Å²) in [4.78, 5) is 28.7. The summed E-state index contributed by atoms with van der Waals surface area (Å²) in [5.74, 6) is -1.67. The smallest absolute Gasteiger partial charge is 0.307 e. The molecule has 1 heterocycles. The molecule has 4 rings (SSSR count). The first-order chi connectivity index (χ1) is 12.0. The zero-order valence-corrected chi connectivity index (χ0v) is 14.6.